The van der Waals surface area contributed by atoms with E-state index in [1.807, 2.05) is 5.92 Å². The van der Waals surface area contributed by atoms with Crippen LogP contribution in [0.1, 0.15) is 34.5 Å². The zero-order chi connectivity index (χ0) is 22.5. The van der Waals surface area contributed by atoms with Gasteiger partial charge in [-0.2, -0.15) is 18.1 Å². The number of carbonyl (C=O) groups is 2. The van der Waals surface area contributed by atoms with E-state index in [1.165, 1.54) is 23.9 Å². The Labute approximate surface area is 173 Å². The summed E-state index contributed by atoms with van der Waals surface area (Å²) in [6.07, 6.45) is 6.55. The molecule has 1 aromatic heterocycles. The van der Waals surface area contributed by atoms with Gasteiger partial charge >= 0.3 is 0 Å². The molecule has 0 saturated heterocycles. The Kier molecular flexibility index (Phi) is 6.88. The number of rotatable bonds is 8. The van der Waals surface area contributed by atoms with Gasteiger partial charge in [-0.05, 0) is 37.0 Å². The molecule has 2 rings (SSSR count). The van der Waals surface area contributed by atoms with Crippen LogP contribution in [0.25, 0.3) is 0 Å². The third kappa shape index (κ3) is 4.80. The molecule has 0 unspecified atom stereocenters. The van der Waals surface area contributed by atoms with E-state index in [1.54, 1.807) is 6.07 Å². The lowest BCUT2D eigenvalue weighted by molar-refractivity contribution is -0.113. The molecule has 2 aromatic rings. The van der Waals surface area contributed by atoms with Gasteiger partial charge in [-0.1, -0.05) is 0 Å². The number of nitrogens with zero attached hydrogens (tertiary/aromatic N) is 3. The van der Waals surface area contributed by atoms with Crippen LogP contribution in [0.3, 0.4) is 0 Å². The maximum atomic E-state index is 13.5. The fourth-order valence-corrected chi connectivity index (χ4v) is 3.80. The molecule has 8 nitrogen and oxygen atoms in total. The van der Waals surface area contributed by atoms with Gasteiger partial charge in [0.1, 0.15) is 22.5 Å². The third-order valence-corrected chi connectivity index (χ3v) is 5.49. The van der Waals surface area contributed by atoms with Crippen LogP contribution >= 0.6 is 0 Å². The standard InChI is InChI=1S/C20H17FN4O4S/c1-4-15(26)6-5-7-16-18(30(28,29)23-2)12-25(3)19(16)20(27)24-14-8-9-17(21)13(10-14)11-22/h1,8-10,12H,2,5-7H2,3H3,(H,24,27). The number of Topliss-reactive ketones (excluding diaryl/α,β-unsaturated/α-hetero) is 1. The van der Waals surface area contributed by atoms with E-state index in [0.717, 1.165) is 12.1 Å². The number of aryl methyl sites for hydroxylation is 1. The lowest BCUT2D eigenvalue weighted by Gasteiger charge is -2.10. The number of ketones is 1. The van der Waals surface area contributed by atoms with E-state index in [9.17, 15) is 22.4 Å². The number of carbonyl (C=O) groups excluding carboxylic acids is 2. The molecule has 1 N–H and O–H groups in total. The van der Waals surface area contributed by atoms with Crippen molar-refractivity contribution in [3.8, 4) is 18.4 Å². The first-order valence-corrected chi connectivity index (χ1v) is 10.00. The predicted molar refractivity (Wildman–Crippen MR) is 108 cm³/mol. The molecule has 0 aliphatic rings. The Morgan fingerprint density at radius 3 is 2.70 bits per heavy atom. The monoisotopic (exact) mass is 428 g/mol. The number of anilines is 1. The van der Waals surface area contributed by atoms with Crippen molar-refractivity contribution >= 4 is 34.1 Å². The van der Waals surface area contributed by atoms with Gasteiger partial charge in [0.05, 0.1) is 5.56 Å². The van der Waals surface area contributed by atoms with Gasteiger partial charge in [0.25, 0.3) is 15.9 Å². The summed E-state index contributed by atoms with van der Waals surface area (Å²) in [7, 11) is -2.64. The number of aromatic nitrogens is 1. The largest absolute Gasteiger partial charge is 0.345 e. The van der Waals surface area contributed by atoms with Crippen LogP contribution in [0, 0.1) is 29.5 Å². The van der Waals surface area contributed by atoms with Crippen molar-refractivity contribution in [3.63, 3.8) is 0 Å². The average molecular weight is 428 g/mol. The first-order valence-electron chi connectivity index (χ1n) is 8.56. The van der Waals surface area contributed by atoms with Crippen molar-refractivity contribution in [1.82, 2.24) is 4.57 Å². The molecule has 1 aromatic carbocycles. The Morgan fingerprint density at radius 2 is 2.10 bits per heavy atom. The van der Waals surface area contributed by atoms with Crippen LogP contribution in [-0.2, 0) is 28.3 Å². The summed E-state index contributed by atoms with van der Waals surface area (Å²) < 4.78 is 42.5. The highest BCUT2D eigenvalue weighted by atomic mass is 32.2. The quantitative estimate of drug-likeness (QED) is 0.392. The van der Waals surface area contributed by atoms with Crippen molar-refractivity contribution < 1.29 is 22.4 Å². The first-order chi connectivity index (χ1) is 14.1. The zero-order valence-electron chi connectivity index (χ0n) is 16.0. The molecule has 0 fully saturated rings. The predicted octanol–water partition coefficient (Wildman–Crippen LogP) is 2.20. The lowest BCUT2D eigenvalue weighted by atomic mass is 10.1. The summed E-state index contributed by atoms with van der Waals surface area (Å²) in [6, 6.07) is 5.13. The van der Waals surface area contributed by atoms with Crippen molar-refractivity contribution in [2.75, 3.05) is 5.32 Å². The maximum absolute atomic E-state index is 13.5. The summed E-state index contributed by atoms with van der Waals surface area (Å²) >= 11 is 0. The zero-order valence-corrected chi connectivity index (χ0v) is 16.8. The Balaban J connectivity index is 2.46. The van der Waals surface area contributed by atoms with Crippen molar-refractivity contribution in [1.29, 1.82) is 5.26 Å². The molecule has 1 amide bonds. The highest BCUT2D eigenvalue weighted by Crippen LogP contribution is 2.26. The van der Waals surface area contributed by atoms with Gasteiger partial charge < -0.3 is 9.88 Å². The Morgan fingerprint density at radius 1 is 1.40 bits per heavy atom. The Bertz CT molecular complexity index is 1220. The van der Waals surface area contributed by atoms with E-state index < -0.39 is 27.5 Å². The number of sulfonamides is 1. The number of terminal acetylenes is 1. The van der Waals surface area contributed by atoms with E-state index in [4.69, 9.17) is 11.7 Å². The smallest absolute Gasteiger partial charge is 0.283 e. The summed E-state index contributed by atoms with van der Waals surface area (Å²) in [5, 5.41) is 11.4. The molecular formula is C20H17FN4O4S. The van der Waals surface area contributed by atoms with Gasteiger partial charge in [-0.25, -0.2) is 4.39 Å². The molecule has 30 heavy (non-hydrogen) atoms. The minimum atomic E-state index is -4.11. The van der Waals surface area contributed by atoms with Crippen LogP contribution in [0.2, 0.25) is 0 Å². The van der Waals surface area contributed by atoms with Crippen LogP contribution in [0.15, 0.2) is 33.7 Å². The lowest BCUT2D eigenvalue weighted by Crippen LogP contribution is -2.18. The summed E-state index contributed by atoms with van der Waals surface area (Å²) in [5.41, 5.74) is 0.0498. The number of hydrogen-bond acceptors (Lipinski definition) is 5. The van der Waals surface area contributed by atoms with Gasteiger partial charge in [0.2, 0.25) is 5.78 Å². The van der Waals surface area contributed by atoms with Gasteiger partial charge in [0.15, 0.2) is 0 Å². The number of nitrogens with one attached hydrogen (secondary N) is 1. The number of benzene rings is 1. The van der Waals surface area contributed by atoms with Crippen LogP contribution in [0.5, 0.6) is 0 Å². The van der Waals surface area contributed by atoms with E-state index in [-0.39, 0.29) is 46.7 Å². The topological polar surface area (TPSA) is 121 Å². The van der Waals surface area contributed by atoms with Crippen molar-refractivity contribution in [2.24, 2.45) is 11.4 Å². The van der Waals surface area contributed by atoms with E-state index in [0.29, 0.717) is 0 Å². The van der Waals surface area contributed by atoms with Gasteiger partial charge in [-0.15, -0.1) is 6.42 Å². The fourth-order valence-electron chi connectivity index (χ4n) is 2.86. The minimum Gasteiger partial charge on any atom is -0.345 e. The second-order valence-electron chi connectivity index (χ2n) is 6.22. The molecule has 0 radical (unpaired) electrons. The molecule has 0 aliphatic carbocycles. The highest BCUT2D eigenvalue weighted by molar-refractivity contribution is 7.90. The third-order valence-electron chi connectivity index (χ3n) is 4.25. The number of halogens is 1. The van der Waals surface area contributed by atoms with Crippen molar-refractivity contribution in [3.05, 3.63) is 47.0 Å². The van der Waals surface area contributed by atoms with Crippen LogP contribution in [-0.4, -0.2) is 31.4 Å². The van der Waals surface area contributed by atoms with E-state index >= 15 is 0 Å². The molecule has 0 saturated carbocycles. The number of amides is 1. The summed E-state index contributed by atoms with van der Waals surface area (Å²) in [6.45, 7) is 3.06. The highest BCUT2D eigenvalue weighted by Gasteiger charge is 2.27. The minimum absolute atomic E-state index is 0.00761. The average Bonchev–Trinajstić information content (AvgIpc) is 3.06. The Hall–Kier alpha value is -3.76. The van der Waals surface area contributed by atoms with Gasteiger partial charge in [0, 0.05) is 37.6 Å². The fraction of sp³-hybridized carbons (Fsp3) is 0.200. The molecule has 0 atom stereocenters. The van der Waals surface area contributed by atoms with Gasteiger partial charge in [-0.3, -0.25) is 9.59 Å². The molecular weight excluding hydrogens is 411 g/mol. The number of hydrogen-bond donors (Lipinski definition) is 1. The van der Waals surface area contributed by atoms with E-state index in [2.05, 4.69) is 16.4 Å². The van der Waals surface area contributed by atoms with Crippen molar-refractivity contribution in [2.45, 2.75) is 24.2 Å². The molecule has 0 aliphatic heterocycles. The SMILES string of the molecule is C#CC(=O)CCCc1c(S(=O)(=O)N=C)cn(C)c1C(=O)Nc1ccc(F)c(C#N)c1. The second kappa shape index (κ2) is 9.16. The first kappa shape index (κ1) is 22.5. The molecule has 1 heterocycles. The normalized spacial score (nSPS) is 10.7. The molecule has 10 heteroatoms. The summed E-state index contributed by atoms with van der Waals surface area (Å²) in [5.74, 6) is 0.104. The molecule has 0 bridgehead atoms. The maximum Gasteiger partial charge on any atom is 0.283 e. The second-order valence-corrected chi connectivity index (χ2v) is 7.87. The van der Waals surface area contributed by atoms with Crippen LogP contribution < -0.4 is 5.32 Å². The summed E-state index contributed by atoms with van der Waals surface area (Å²) in [4.78, 5) is 24.0. The molecule has 0 spiro atoms. The molecule has 154 valence electrons. The number of nitriles is 1. The van der Waals surface area contributed by atoms with Crippen LogP contribution in [0.4, 0.5) is 10.1 Å².